The molecule has 0 spiro atoms. The number of anilines is 1. The standard InChI is InChI=1S/C14H19ClN4O2/c15-12-10-11(4-5-16-12)18-14(21)13(20)17-6-9-19-7-2-1-3-8-19/h4-5,10H,1-3,6-9H2,(H,17,20)(H,16,18,21). The minimum absolute atomic E-state index is 0.262. The van der Waals surface area contributed by atoms with E-state index in [0.29, 0.717) is 12.2 Å². The zero-order chi connectivity index (χ0) is 15.1. The monoisotopic (exact) mass is 310 g/mol. The Labute approximate surface area is 128 Å². The van der Waals surface area contributed by atoms with Crippen molar-refractivity contribution >= 4 is 29.1 Å². The molecule has 1 aromatic rings. The first-order chi connectivity index (χ1) is 10.1. The van der Waals surface area contributed by atoms with Crippen LogP contribution >= 0.6 is 11.6 Å². The Bertz CT molecular complexity index is 504. The van der Waals surface area contributed by atoms with Crippen molar-refractivity contribution in [3.05, 3.63) is 23.5 Å². The summed E-state index contributed by atoms with van der Waals surface area (Å²) in [4.78, 5) is 29.5. The number of carbonyl (C=O) groups excluding carboxylic acids is 2. The summed E-state index contributed by atoms with van der Waals surface area (Å²) in [5.41, 5.74) is 0.450. The minimum Gasteiger partial charge on any atom is -0.347 e. The number of pyridine rings is 1. The normalized spacial score (nSPS) is 15.5. The highest BCUT2D eigenvalue weighted by Crippen LogP contribution is 2.11. The van der Waals surface area contributed by atoms with Crippen molar-refractivity contribution in [2.45, 2.75) is 19.3 Å². The van der Waals surface area contributed by atoms with Crippen LogP contribution in [0.2, 0.25) is 5.15 Å². The molecule has 1 fully saturated rings. The molecule has 1 aromatic heterocycles. The van der Waals surface area contributed by atoms with E-state index in [2.05, 4.69) is 20.5 Å². The maximum absolute atomic E-state index is 11.7. The maximum atomic E-state index is 11.7. The number of amides is 2. The Balaban J connectivity index is 1.71. The zero-order valence-electron chi connectivity index (χ0n) is 11.8. The molecule has 2 N–H and O–H groups in total. The molecule has 0 atom stereocenters. The number of piperidine rings is 1. The van der Waals surface area contributed by atoms with Gasteiger partial charge in [-0.1, -0.05) is 18.0 Å². The Morgan fingerprint density at radius 2 is 2.00 bits per heavy atom. The van der Waals surface area contributed by atoms with E-state index in [9.17, 15) is 9.59 Å². The molecule has 21 heavy (non-hydrogen) atoms. The molecule has 6 nitrogen and oxygen atoms in total. The van der Waals surface area contributed by atoms with Gasteiger partial charge in [0.05, 0.1) is 0 Å². The quantitative estimate of drug-likeness (QED) is 0.649. The van der Waals surface area contributed by atoms with Gasteiger partial charge in [-0.25, -0.2) is 4.98 Å². The van der Waals surface area contributed by atoms with Gasteiger partial charge >= 0.3 is 11.8 Å². The van der Waals surface area contributed by atoms with Gasteiger partial charge in [0, 0.05) is 25.0 Å². The Kier molecular flexibility index (Phi) is 5.95. The number of nitrogens with one attached hydrogen (secondary N) is 2. The highest BCUT2D eigenvalue weighted by Gasteiger charge is 2.15. The van der Waals surface area contributed by atoms with E-state index in [0.717, 1.165) is 19.6 Å². The van der Waals surface area contributed by atoms with Crippen molar-refractivity contribution in [1.29, 1.82) is 0 Å². The maximum Gasteiger partial charge on any atom is 0.313 e. The van der Waals surface area contributed by atoms with E-state index in [1.165, 1.54) is 31.5 Å². The van der Waals surface area contributed by atoms with Crippen LogP contribution in [-0.2, 0) is 9.59 Å². The van der Waals surface area contributed by atoms with Crippen LogP contribution in [0.5, 0.6) is 0 Å². The fourth-order valence-corrected chi connectivity index (χ4v) is 2.43. The molecule has 114 valence electrons. The van der Waals surface area contributed by atoms with Gasteiger partial charge in [0.1, 0.15) is 5.15 Å². The number of halogens is 1. The van der Waals surface area contributed by atoms with Gasteiger partial charge in [-0.15, -0.1) is 0 Å². The lowest BCUT2D eigenvalue weighted by Crippen LogP contribution is -2.41. The molecule has 2 heterocycles. The van der Waals surface area contributed by atoms with Gasteiger partial charge in [0.2, 0.25) is 0 Å². The summed E-state index contributed by atoms with van der Waals surface area (Å²) < 4.78 is 0. The van der Waals surface area contributed by atoms with Crippen LogP contribution < -0.4 is 10.6 Å². The number of hydrogen-bond donors (Lipinski definition) is 2. The molecule has 0 unspecified atom stereocenters. The van der Waals surface area contributed by atoms with Crippen LogP contribution in [0.4, 0.5) is 5.69 Å². The van der Waals surface area contributed by atoms with E-state index in [-0.39, 0.29) is 5.15 Å². The summed E-state index contributed by atoms with van der Waals surface area (Å²) in [6.45, 7) is 3.39. The molecule has 0 radical (unpaired) electrons. The summed E-state index contributed by atoms with van der Waals surface area (Å²) in [5.74, 6) is -1.34. The van der Waals surface area contributed by atoms with Gasteiger partial charge in [-0.3, -0.25) is 9.59 Å². The first-order valence-electron chi connectivity index (χ1n) is 7.08. The smallest absolute Gasteiger partial charge is 0.313 e. The molecule has 0 bridgehead atoms. The second-order valence-corrected chi connectivity index (χ2v) is 5.37. The van der Waals surface area contributed by atoms with E-state index >= 15 is 0 Å². The number of aromatic nitrogens is 1. The molecular weight excluding hydrogens is 292 g/mol. The highest BCUT2D eigenvalue weighted by molar-refractivity contribution is 6.39. The van der Waals surface area contributed by atoms with Crippen LogP contribution in [0.1, 0.15) is 19.3 Å². The Hall–Kier alpha value is -1.66. The molecule has 1 aliphatic heterocycles. The first-order valence-corrected chi connectivity index (χ1v) is 7.46. The molecule has 1 aliphatic rings. The average Bonchev–Trinajstić information content (AvgIpc) is 2.48. The molecule has 0 aliphatic carbocycles. The number of rotatable bonds is 4. The van der Waals surface area contributed by atoms with Crippen LogP contribution in [0.25, 0.3) is 0 Å². The van der Waals surface area contributed by atoms with Crippen LogP contribution in [0, 0.1) is 0 Å². The van der Waals surface area contributed by atoms with Gasteiger partial charge in [0.15, 0.2) is 0 Å². The SMILES string of the molecule is O=C(NCCN1CCCCC1)C(=O)Nc1ccnc(Cl)c1. The van der Waals surface area contributed by atoms with E-state index in [1.54, 1.807) is 6.07 Å². The van der Waals surface area contributed by atoms with Gasteiger partial charge in [-0.2, -0.15) is 0 Å². The van der Waals surface area contributed by atoms with Crippen LogP contribution in [0.3, 0.4) is 0 Å². The predicted molar refractivity (Wildman–Crippen MR) is 81.2 cm³/mol. The topological polar surface area (TPSA) is 74.3 Å². The lowest BCUT2D eigenvalue weighted by molar-refractivity contribution is -0.136. The summed E-state index contributed by atoms with van der Waals surface area (Å²) in [6.07, 6.45) is 5.15. The zero-order valence-corrected chi connectivity index (χ0v) is 12.5. The van der Waals surface area contributed by atoms with Crippen molar-refractivity contribution in [2.24, 2.45) is 0 Å². The second-order valence-electron chi connectivity index (χ2n) is 4.98. The van der Waals surface area contributed by atoms with Crippen molar-refractivity contribution in [3.8, 4) is 0 Å². The molecule has 2 amide bonds. The summed E-state index contributed by atoms with van der Waals surface area (Å²) >= 11 is 5.71. The van der Waals surface area contributed by atoms with Crippen LogP contribution in [-0.4, -0.2) is 47.9 Å². The predicted octanol–water partition coefficient (Wildman–Crippen LogP) is 1.28. The third-order valence-electron chi connectivity index (χ3n) is 3.35. The minimum atomic E-state index is -0.698. The van der Waals surface area contributed by atoms with Gasteiger partial charge in [0.25, 0.3) is 0 Å². The fourth-order valence-electron chi connectivity index (χ4n) is 2.26. The highest BCUT2D eigenvalue weighted by atomic mass is 35.5. The molecule has 0 saturated carbocycles. The third kappa shape index (κ3) is 5.32. The molecule has 7 heteroatoms. The lowest BCUT2D eigenvalue weighted by Gasteiger charge is -2.26. The summed E-state index contributed by atoms with van der Waals surface area (Å²) in [7, 11) is 0. The number of hydrogen-bond acceptors (Lipinski definition) is 4. The van der Waals surface area contributed by atoms with Crippen molar-refractivity contribution in [2.75, 3.05) is 31.5 Å². The average molecular weight is 311 g/mol. The summed E-state index contributed by atoms with van der Waals surface area (Å²) in [5, 5.41) is 5.37. The third-order valence-corrected chi connectivity index (χ3v) is 3.56. The van der Waals surface area contributed by atoms with Crippen molar-refractivity contribution in [3.63, 3.8) is 0 Å². The second kappa shape index (κ2) is 7.95. The van der Waals surface area contributed by atoms with E-state index in [1.807, 2.05) is 0 Å². The van der Waals surface area contributed by atoms with E-state index in [4.69, 9.17) is 11.6 Å². The summed E-state index contributed by atoms with van der Waals surface area (Å²) in [6, 6.07) is 3.06. The Morgan fingerprint density at radius 3 is 2.71 bits per heavy atom. The number of nitrogens with zero attached hydrogens (tertiary/aromatic N) is 2. The van der Waals surface area contributed by atoms with Gasteiger partial charge < -0.3 is 15.5 Å². The molecular formula is C14H19ClN4O2. The largest absolute Gasteiger partial charge is 0.347 e. The molecule has 2 rings (SSSR count). The van der Waals surface area contributed by atoms with Crippen molar-refractivity contribution in [1.82, 2.24) is 15.2 Å². The molecule has 1 saturated heterocycles. The lowest BCUT2D eigenvalue weighted by atomic mass is 10.1. The Morgan fingerprint density at radius 1 is 1.24 bits per heavy atom. The number of likely N-dealkylation sites (tertiary alicyclic amines) is 1. The first kappa shape index (κ1) is 15.7. The van der Waals surface area contributed by atoms with Crippen molar-refractivity contribution < 1.29 is 9.59 Å². The fraction of sp³-hybridized carbons (Fsp3) is 0.500. The van der Waals surface area contributed by atoms with Crippen LogP contribution in [0.15, 0.2) is 18.3 Å². The molecule has 0 aromatic carbocycles. The van der Waals surface area contributed by atoms with E-state index < -0.39 is 11.8 Å². The van der Waals surface area contributed by atoms with Gasteiger partial charge in [-0.05, 0) is 38.1 Å². The number of carbonyl (C=O) groups is 2.